The smallest absolute Gasteiger partial charge is 0.111 e. The molecule has 0 aromatic heterocycles. The van der Waals surface area contributed by atoms with Crippen LogP contribution in [0.15, 0.2) is 0 Å². The van der Waals surface area contributed by atoms with Crippen molar-refractivity contribution in [2.75, 3.05) is 6.61 Å². The van der Waals surface area contributed by atoms with Crippen molar-refractivity contribution in [2.45, 2.75) is 37.8 Å². The van der Waals surface area contributed by atoms with Crippen LogP contribution in [0.25, 0.3) is 0 Å². The highest BCUT2D eigenvalue weighted by Gasteiger charge is 2.36. The minimum Gasteiger partial charge on any atom is -0.388 e. The molecule has 0 aromatic rings. The summed E-state index contributed by atoms with van der Waals surface area (Å²) in [7, 11) is 0. The number of aliphatic hydroxyl groups is 3. The first-order valence-electron chi connectivity index (χ1n) is 3.82. The van der Waals surface area contributed by atoms with Gasteiger partial charge in [0.05, 0.1) is 12.7 Å². The third-order valence-electron chi connectivity index (χ3n) is 2.01. The van der Waals surface area contributed by atoms with E-state index in [9.17, 15) is 5.11 Å². The molecular formula is C7H14O4. The fourth-order valence-electron chi connectivity index (χ4n) is 1.23. The van der Waals surface area contributed by atoms with Crippen LogP contribution in [-0.4, -0.2) is 46.3 Å². The summed E-state index contributed by atoms with van der Waals surface area (Å²) in [5, 5.41) is 27.5. The minimum absolute atomic E-state index is 0.108. The maximum Gasteiger partial charge on any atom is 0.111 e. The van der Waals surface area contributed by atoms with E-state index in [4.69, 9.17) is 14.9 Å². The van der Waals surface area contributed by atoms with Crippen molar-refractivity contribution in [3.8, 4) is 0 Å². The molecule has 1 saturated heterocycles. The Hall–Kier alpha value is -0.160. The standard InChI is InChI=1S/C7H14O4/c1-2-5-7(10)6(9)4(8)3-11-5/h4-10H,2-3H2,1H3/t4?,5?,6-,7-/m1/s1. The number of hydrogen-bond donors (Lipinski definition) is 3. The van der Waals surface area contributed by atoms with Gasteiger partial charge in [-0.1, -0.05) is 6.92 Å². The largest absolute Gasteiger partial charge is 0.388 e. The molecule has 0 spiro atoms. The fraction of sp³-hybridized carbons (Fsp3) is 1.00. The van der Waals surface area contributed by atoms with Crippen LogP contribution in [0.1, 0.15) is 13.3 Å². The molecule has 66 valence electrons. The van der Waals surface area contributed by atoms with E-state index >= 15 is 0 Å². The van der Waals surface area contributed by atoms with Crippen molar-refractivity contribution in [3.05, 3.63) is 0 Å². The molecule has 1 rings (SSSR count). The van der Waals surface area contributed by atoms with Crippen LogP contribution in [-0.2, 0) is 4.74 Å². The minimum atomic E-state index is -1.06. The zero-order chi connectivity index (χ0) is 8.43. The Balaban J connectivity index is 2.52. The Kier molecular flexibility index (Phi) is 2.84. The summed E-state index contributed by atoms with van der Waals surface area (Å²) in [6, 6.07) is 0. The zero-order valence-corrected chi connectivity index (χ0v) is 6.47. The number of hydrogen-bond acceptors (Lipinski definition) is 4. The van der Waals surface area contributed by atoms with Gasteiger partial charge in [0, 0.05) is 0 Å². The molecule has 1 aliphatic rings. The van der Waals surface area contributed by atoms with Gasteiger partial charge in [0.25, 0.3) is 0 Å². The molecule has 0 aromatic carbocycles. The van der Waals surface area contributed by atoms with Crippen molar-refractivity contribution in [3.63, 3.8) is 0 Å². The molecule has 2 unspecified atom stereocenters. The van der Waals surface area contributed by atoms with Gasteiger partial charge in [-0.2, -0.15) is 0 Å². The monoisotopic (exact) mass is 162 g/mol. The fourth-order valence-corrected chi connectivity index (χ4v) is 1.23. The van der Waals surface area contributed by atoms with Crippen molar-refractivity contribution in [1.29, 1.82) is 0 Å². The first-order chi connectivity index (χ1) is 5.16. The molecule has 0 saturated carbocycles. The van der Waals surface area contributed by atoms with Gasteiger partial charge < -0.3 is 20.1 Å². The van der Waals surface area contributed by atoms with Gasteiger partial charge in [0.2, 0.25) is 0 Å². The molecule has 4 heteroatoms. The highest BCUT2D eigenvalue weighted by Crippen LogP contribution is 2.17. The lowest BCUT2D eigenvalue weighted by atomic mass is 9.99. The van der Waals surface area contributed by atoms with E-state index in [-0.39, 0.29) is 12.7 Å². The Morgan fingerprint density at radius 1 is 1.27 bits per heavy atom. The molecule has 11 heavy (non-hydrogen) atoms. The average Bonchev–Trinajstić information content (AvgIpc) is 2.01. The van der Waals surface area contributed by atoms with Gasteiger partial charge >= 0.3 is 0 Å². The normalized spacial score (nSPS) is 45.8. The molecule has 3 N–H and O–H groups in total. The molecule has 0 bridgehead atoms. The van der Waals surface area contributed by atoms with E-state index in [1.807, 2.05) is 6.92 Å². The van der Waals surface area contributed by atoms with E-state index in [0.717, 1.165) is 0 Å². The van der Waals surface area contributed by atoms with Gasteiger partial charge in [-0.3, -0.25) is 0 Å². The zero-order valence-electron chi connectivity index (χ0n) is 6.47. The second-order valence-electron chi connectivity index (χ2n) is 2.83. The van der Waals surface area contributed by atoms with E-state index in [1.54, 1.807) is 0 Å². The van der Waals surface area contributed by atoms with E-state index in [1.165, 1.54) is 0 Å². The average molecular weight is 162 g/mol. The first-order valence-corrected chi connectivity index (χ1v) is 3.82. The summed E-state index contributed by atoms with van der Waals surface area (Å²) in [5.41, 5.74) is 0. The Morgan fingerprint density at radius 2 is 1.91 bits per heavy atom. The lowest BCUT2D eigenvalue weighted by Crippen LogP contribution is -2.52. The Morgan fingerprint density at radius 3 is 2.45 bits per heavy atom. The number of ether oxygens (including phenoxy) is 1. The maximum absolute atomic E-state index is 9.27. The van der Waals surface area contributed by atoms with Crippen LogP contribution in [0, 0.1) is 0 Å². The van der Waals surface area contributed by atoms with E-state index in [2.05, 4.69) is 0 Å². The SMILES string of the molecule is CCC1OCC(O)[C@@H](O)[C@@H]1O. The highest BCUT2D eigenvalue weighted by atomic mass is 16.5. The summed E-state index contributed by atoms with van der Waals surface area (Å²) in [6.45, 7) is 1.97. The second-order valence-corrected chi connectivity index (χ2v) is 2.83. The van der Waals surface area contributed by atoms with Crippen LogP contribution >= 0.6 is 0 Å². The molecular weight excluding hydrogens is 148 g/mol. The third-order valence-corrected chi connectivity index (χ3v) is 2.01. The van der Waals surface area contributed by atoms with Crippen LogP contribution in [0.5, 0.6) is 0 Å². The van der Waals surface area contributed by atoms with Gasteiger partial charge in [0.1, 0.15) is 18.3 Å². The summed E-state index contributed by atoms with van der Waals surface area (Å²) in [5.74, 6) is 0. The van der Waals surface area contributed by atoms with Crippen molar-refractivity contribution in [1.82, 2.24) is 0 Å². The first kappa shape index (κ1) is 8.93. The molecule has 4 nitrogen and oxygen atoms in total. The summed E-state index contributed by atoms with van der Waals surface area (Å²) >= 11 is 0. The molecule has 0 radical (unpaired) electrons. The lowest BCUT2D eigenvalue weighted by Gasteiger charge is -2.34. The van der Waals surface area contributed by atoms with E-state index < -0.39 is 18.3 Å². The summed E-state index contributed by atoms with van der Waals surface area (Å²) < 4.78 is 5.06. The molecule has 4 atom stereocenters. The maximum atomic E-state index is 9.27. The van der Waals surface area contributed by atoms with Crippen LogP contribution < -0.4 is 0 Å². The highest BCUT2D eigenvalue weighted by molar-refractivity contribution is 4.85. The molecule has 1 fully saturated rings. The van der Waals surface area contributed by atoms with Gasteiger partial charge in [0.15, 0.2) is 0 Å². The van der Waals surface area contributed by atoms with Gasteiger partial charge in [-0.25, -0.2) is 0 Å². The molecule has 0 amide bonds. The quantitative estimate of drug-likeness (QED) is 0.456. The van der Waals surface area contributed by atoms with Crippen molar-refractivity contribution >= 4 is 0 Å². The summed E-state index contributed by atoms with van der Waals surface area (Å²) in [6.07, 6.45) is -2.66. The number of rotatable bonds is 1. The van der Waals surface area contributed by atoms with Crippen molar-refractivity contribution < 1.29 is 20.1 Å². The Labute approximate surface area is 65.4 Å². The predicted octanol–water partition coefficient (Wildman–Crippen LogP) is -1.12. The Bertz CT molecular complexity index is 126. The van der Waals surface area contributed by atoms with Gasteiger partial charge in [-0.15, -0.1) is 0 Å². The van der Waals surface area contributed by atoms with Crippen molar-refractivity contribution in [2.24, 2.45) is 0 Å². The summed E-state index contributed by atoms with van der Waals surface area (Å²) in [4.78, 5) is 0. The van der Waals surface area contributed by atoms with E-state index in [0.29, 0.717) is 6.42 Å². The van der Waals surface area contributed by atoms with Crippen LogP contribution in [0.2, 0.25) is 0 Å². The molecule has 1 heterocycles. The topological polar surface area (TPSA) is 69.9 Å². The lowest BCUT2D eigenvalue weighted by molar-refractivity contribution is -0.187. The number of aliphatic hydroxyl groups excluding tert-OH is 3. The van der Waals surface area contributed by atoms with Crippen LogP contribution in [0.3, 0.4) is 0 Å². The van der Waals surface area contributed by atoms with Gasteiger partial charge in [-0.05, 0) is 6.42 Å². The third kappa shape index (κ3) is 1.70. The molecule has 1 aliphatic heterocycles. The predicted molar refractivity (Wildman–Crippen MR) is 38.1 cm³/mol. The van der Waals surface area contributed by atoms with Crippen LogP contribution in [0.4, 0.5) is 0 Å². The second kappa shape index (κ2) is 3.49. The molecule has 0 aliphatic carbocycles.